The zero-order chi connectivity index (χ0) is 12.3. The van der Waals surface area contributed by atoms with Gasteiger partial charge in [0.05, 0.1) is 5.69 Å². The van der Waals surface area contributed by atoms with Crippen LogP contribution < -0.4 is 5.32 Å². The highest BCUT2D eigenvalue weighted by atomic mass is 32.2. The third kappa shape index (κ3) is 3.30. The molecule has 1 aromatic heterocycles. The molecule has 0 radical (unpaired) electrons. The highest BCUT2D eigenvalue weighted by Gasteiger charge is 2.21. The number of nitrogens with zero attached hydrogens (tertiary/aromatic N) is 2. The second-order valence-corrected chi connectivity index (χ2v) is 5.90. The van der Waals surface area contributed by atoms with Gasteiger partial charge in [0.15, 0.2) is 0 Å². The smallest absolute Gasteiger partial charge is 0.294 e. The van der Waals surface area contributed by atoms with E-state index in [1.165, 1.54) is 0 Å². The van der Waals surface area contributed by atoms with Crippen LogP contribution in [-0.2, 0) is 11.3 Å². The molecule has 1 saturated heterocycles. The second-order valence-electron chi connectivity index (χ2n) is 3.57. The summed E-state index contributed by atoms with van der Waals surface area (Å²) in [6.45, 7) is 3.04. The topological polar surface area (TPSA) is 77.3 Å². The molecule has 0 spiro atoms. The van der Waals surface area contributed by atoms with Crippen molar-refractivity contribution in [1.29, 1.82) is 0 Å². The van der Waals surface area contributed by atoms with Crippen molar-refractivity contribution >= 4 is 23.1 Å². The lowest BCUT2D eigenvalue weighted by atomic mass is 10.3. The van der Waals surface area contributed by atoms with Gasteiger partial charge in [0.25, 0.3) is 5.09 Å². The molecule has 94 valence electrons. The molecule has 0 saturated carbocycles. The summed E-state index contributed by atoms with van der Waals surface area (Å²) < 4.78 is 0. The molecule has 1 atom stereocenters. The quantitative estimate of drug-likeness (QED) is 0.649. The molecule has 6 nitrogen and oxygen atoms in total. The number of aryl methyl sites for hydroxylation is 1. The summed E-state index contributed by atoms with van der Waals surface area (Å²) in [7, 11) is 0. The van der Waals surface area contributed by atoms with Crippen LogP contribution >= 0.6 is 23.1 Å². The predicted molar refractivity (Wildman–Crippen MR) is 66.7 cm³/mol. The molecule has 2 rings (SSSR count). The summed E-state index contributed by atoms with van der Waals surface area (Å²) in [5.41, 5.74) is 0.950. The normalized spacial score (nSPS) is 19.5. The van der Waals surface area contributed by atoms with Crippen LogP contribution in [0.4, 0.5) is 0 Å². The third-order valence-electron chi connectivity index (χ3n) is 2.38. The number of nitrogens with one attached hydrogen (secondary N) is 1. The van der Waals surface area contributed by atoms with Crippen molar-refractivity contribution in [2.45, 2.75) is 18.7 Å². The van der Waals surface area contributed by atoms with Gasteiger partial charge in [-0.2, -0.15) is 0 Å². The zero-order valence-corrected chi connectivity index (χ0v) is 11.0. The Labute approximate surface area is 107 Å². The molecule has 1 fully saturated rings. The Balaban J connectivity index is 1.95. The van der Waals surface area contributed by atoms with Crippen LogP contribution in [0.2, 0.25) is 0 Å². The first-order valence-corrected chi connectivity index (χ1v) is 7.12. The van der Waals surface area contributed by atoms with Gasteiger partial charge in [-0.3, -0.25) is 5.32 Å². The van der Waals surface area contributed by atoms with Crippen molar-refractivity contribution < 1.29 is 9.92 Å². The molecule has 0 amide bonds. The van der Waals surface area contributed by atoms with Crippen molar-refractivity contribution in [2.24, 2.45) is 0 Å². The fourth-order valence-electron chi connectivity index (χ4n) is 1.59. The summed E-state index contributed by atoms with van der Waals surface area (Å²) >= 11 is 3.45. The number of rotatable bonds is 5. The maximum absolute atomic E-state index is 10.0. The summed E-state index contributed by atoms with van der Waals surface area (Å²) in [6.07, 6.45) is 0.544. The highest BCUT2D eigenvalue weighted by molar-refractivity contribution is 7.99. The van der Waals surface area contributed by atoms with E-state index in [9.17, 15) is 10.1 Å². The molecule has 1 aliphatic rings. The fourth-order valence-corrected chi connectivity index (χ4v) is 3.85. The molecule has 1 N–H and O–H groups in total. The lowest BCUT2D eigenvalue weighted by Gasteiger charge is -2.03. The molecule has 17 heavy (non-hydrogen) atoms. The minimum Gasteiger partial charge on any atom is -0.314 e. The molecular formula is C9H13N3O3S2. The van der Waals surface area contributed by atoms with Gasteiger partial charge in [0.2, 0.25) is 0 Å². The number of thiazole rings is 1. The zero-order valence-electron chi connectivity index (χ0n) is 9.34. The van der Waals surface area contributed by atoms with Crippen LogP contribution in [-0.4, -0.2) is 29.0 Å². The molecule has 1 aliphatic heterocycles. The molecule has 1 aromatic rings. The van der Waals surface area contributed by atoms with Gasteiger partial charge >= 0.3 is 0 Å². The first-order valence-electron chi connectivity index (χ1n) is 5.25. The van der Waals surface area contributed by atoms with Crippen LogP contribution in [0.1, 0.15) is 21.0 Å². The summed E-state index contributed by atoms with van der Waals surface area (Å²) in [6, 6.07) is 0. The van der Waals surface area contributed by atoms with Crippen molar-refractivity contribution in [3.63, 3.8) is 0 Å². The maximum atomic E-state index is 10.0. The Morgan fingerprint density at radius 2 is 2.53 bits per heavy atom. The van der Waals surface area contributed by atoms with E-state index < -0.39 is 5.09 Å². The van der Waals surface area contributed by atoms with Crippen LogP contribution in [0.25, 0.3) is 0 Å². The number of thioether (sulfide) groups is 1. The molecule has 0 bridgehead atoms. The number of aromatic nitrogens is 1. The van der Waals surface area contributed by atoms with E-state index in [2.05, 4.69) is 15.1 Å². The second kappa shape index (κ2) is 5.65. The highest BCUT2D eigenvalue weighted by Crippen LogP contribution is 2.33. The average Bonchev–Trinajstić information content (AvgIpc) is 2.87. The van der Waals surface area contributed by atoms with E-state index in [-0.39, 0.29) is 12.0 Å². The molecular weight excluding hydrogens is 262 g/mol. The van der Waals surface area contributed by atoms with Crippen LogP contribution in [0.5, 0.6) is 0 Å². The number of hydrogen-bond donors (Lipinski definition) is 1. The van der Waals surface area contributed by atoms with Gasteiger partial charge in [0.1, 0.15) is 17.0 Å². The SMILES string of the molecule is Cc1nc(C2NCCS2)sc1CCO[N+](=O)[O-]. The van der Waals surface area contributed by atoms with Crippen molar-refractivity contribution in [2.75, 3.05) is 18.9 Å². The van der Waals surface area contributed by atoms with Crippen molar-refractivity contribution in [1.82, 2.24) is 10.3 Å². The monoisotopic (exact) mass is 275 g/mol. The van der Waals surface area contributed by atoms with Crippen LogP contribution in [0, 0.1) is 17.0 Å². The largest absolute Gasteiger partial charge is 0.314 e. The van der Waals surface area contributed by atoms with Gasteiger partial charge < -0.3 is 4.84 Å². The van der Waals surface area contributed by atoms with E-state index in [4.69, 9.17) is 0 Å². The summed E-state index contributed by atoms with van der Waals surface area (Å²) in [5, 5.41) is 14.0. The van der Waals surface area contributed by atoms with Gasteiger partial charge in [-0.1, -0.05) is 0 Å². The minimum absolute atomic E-state index is 0.0979. The Bertz CT molecular complexity index is 404. The predicted octanol–water partition coefficient (Wildman–Crippen LogP) is 1.54. The third-order valence-corrected chi connectivity index (χ3v) is 4.97. The Morgan fingerprint density at radius 1 is 1.71 bits per heavy atom. The van der Waals surface area contributed by atoms with E-state index in [1.54, 1.807) is 11.3 Å². The van der Waals surface area contributed by atoms with Gasteiger partial charge in [0, 0.05) is 23.6 Å². The first-order chi connectivity index (χ1) is 8.16. The number of hydrogen-bond acceptors (Lipinski definition) is 7. The van der Waals surface area contributed by atoms with Crippen molar-refractivity contribution in [3.8, 4) is 0 Å². The van der Waals surface area contributed by atoms with Crippen molar-refractivity contribution in [3.05, 3.63) is 25.7 Å². The molecule has 2 heterocycles. The van der Waals surface area contributed by atoms with Gasteiger partial charge in [-0.25, -0.2) is 4.98 Å². The van der Waals surface area contributed by atoms with Gasteiger partial charge in [-0.15, -0.1) is 33.2 Å². The summed E-state index contributed by atoms with van der Waals surface area (Å²) in [4.78, 5) is 19.9. The lowest BCUT2D eigenvalue weighted by Crippen LogP contribution is -2.11. The Hall–Kier alpha value is -0.860. The molecule has 8 heteroatoms. The minimum atomic E-state index is -0.758. The average molecular weight is 275 g/mol. The van der Waals surface area contributed by atoms with E-state index in [1.807, 2.05) is 18.7 Å². The maximum Gasteiger partial charge on any atom is 0.294 e. The molecule has 1 unspecified atom stereocenters. The standard InChI is InChI=1S/C9H13N3O3S2/c1-6-7(2-4-15-12(13)14)17-9(11-6)8-10-3-5-16-8/h8,10H,2-5H2,1H3. The molecule has 0 aliphatic carbocycles. The van der Waals surface area contributed by atoms with E-state index in [0.717, 1.165) is 27.9 Å². The van der Waals surface area contributed by atoms with Gasteiger partial charge in [-0.05, 0) is 6.92 Å². The molecule has 0 aromatic carbocycles. The van der Waals surface area contributed by atoms with E-state index >= 15 is 0 Å². The fraction of sp³-hybridized carbons (Fsp3) is 0.667. The lowest BCUT2D eigenvalue weighted by molar-refractivity contribution is -0.757. The van der Waals surface area contributed by atoms with Crippen LogP contribution in [0.3, 0.4) is 0 Å². The van der Waals surface area contributed by atoms with Crippen LogP contribution in [0.15, 0.2) is 0 Å². The Kier molecular flexibility index (Phi) is 4.19. The van der Waals surface area contributed by atoms with E-state index in [0.29, 0.717) is 6.42 Å². The summed E-state index contributed by atoms with van der Waals surface area (Å²) in [5.74, 6) is 1.10. The Morgan fingerprint density at radius 3 is 3.18 bits per heavy atom. The first kappa shape index (κ1) is 12.6.